The Hall–Kier alpha value is -1.24. The molecular formula is C13H25NO5S. The summed E-state index contributed by atoms with van der Waals surface area (Å²) in [4.78, 5) is 33.8. The van der Waals surface area contributed by atoms with Crippen LogP contribution in [-0.2, 0) is 19.1 Å². The number of ether oxygens (including phenoxy) is 1. The zero-order chi connectivity index (χ0) is 15.2. The quantitative estimate of drug-likeness (QED) is 0.724. The predicted octanol–water partition coefficient (Wildman–Crippen LogP) is 1.45. The van der Waals surface area contributed by atoms with E-state index in [1.165, 1.54) is 0 Å². The van der Waals surface area contributed by atoms with Gasteiger partial charge in [-0.05, 0) is 26.7 Å². The maximum atomic E-state index is 11.9. The molecule has 0 saturated carbocycles. The van der Waals surface area contributed by atoms with Crippen molar-refractivity contribution in [1.82, 2.24) is 5.32 Å². The van der Waals surface area contributed by atoms with Crippen LogP contribution in [0, 0.1) is 5.92 Å². The van der Waals surface area contributed by atoms with Crippen molar-refractivity contribution in [2.24, 2.45) is 5.92 Å². The molecule has 118 valence electrons. The van der Waals surface area contributed by atoms with Gasteiger partial charge in [0.25, 0.3) is 0 Å². The summed E-state index contributed by atoms with van der Waals surface area (Å²) >= 11 is 0. The molecule has 0 unspecified atom stereocenters. The molecular weight excluding hydrogens is 282 g/mol. The van der Waals surface area contributed by atoms with Crippen molar-refractivity contribution in [2.45, 2.75) is 59.1 Å². The molecule has 0 rings (SSSR count). The zero-order valence-corrected chi connectivity index (χ0v) is 13.6. The van der Waals surface area contributed by atoms with Crippen LogP contribution in [0.3, 0.4) is 0 Å². The molecule has 6 nitrogen and oxygen atoms in total. The van der Waals surface area contributed by atoms with E-state index in [0.29, 0.717) is 0 Å². The molecule has 20 heavy (non-hydrogen) atoms. The average Bonchev–Trinajstić information content (AvgIpc) is 2.19. The molecule has 0 radical (unpaired) electrons. The normalized spacial score (nSPS) is 12.3. The standard InChI is InChI=1S/C13H23NO5.H2S/c1-8(2)11(12(18)19-13(3,4)5)14-9(15)6-7-10(16)17;/h8,11H,6-7H2,1-5H3,(H,14,15)(H,16,17);1H2/t11-;/m0./s1. The van der Waals surface area contributed by atoms with Crippen LogP contribution in [0.1, 0.15) is 47.5 Å². The molecule has 1 amide bonds. The number of rotatable bonds is 6. The Bertz CT molecular complexity index is 349. The van der Waals surface area contributed by atoms with Gasteiger partial charge in [-0.2, -0.15) is 13.5 Å². The van der Waals surface area contributed by atoms with Gasteiger partial charge in [0.1, 0.15) is 11.6 Å². The smallest absolute Gasteiger partial charge is 0.329 e. The van der Waals surface area contributed by atoms with Crippen LogP contribution < -0.4 is 5.32 Å². The topological polar surface area (TPSA) is 92.7 Å². The number of aliphatic carboxylic acids is 1. The van der Waals surface area contributed by atoms with Gasteiger partial charge in [0.05, 0.1) is 6.42 Å². The fourth-order valence-electron chi connectivity index (χ4n) is 1.33. The molecule has 0 spiro atoms. The Morgan fingerprint density at radius 2 is 1.65 bits per heavy atom. The molecule has 0 aromatic carbocycles. The molecule has 0 aliphatic carbocycles. The Labute approximate surface area is 126 Å². The van der Waals surface area contributed by atoms with Crippen LogP contribution in [0.5, 0.6) is 0 Å². The van der Waals surface area contributed by atoms with E-state index < -0.39 is 29.5 Å². The minimum Gasteiger partial charge on any atom is -0.481 e. The van der Waals surface area contributed by atoms with E-state index in [1.54, 1.807) is 34.6 Å². The fourth-order valence-corrected chi connectivity index (χ4v) is 1.33. The third kappa shape index (κ3) is 9.66. The number of amides is 1. The van der Waals surface area contributed by atoms with Crippen molar-refractivity contribution in [3.8, 4) is 0 Å². The first-order chi connectivity index (χ1) is 8.53. The minimum absolute atomic E-state index is 0. The summed E-state index contributed by atoms with van der Waals surface area (Å²) in [5.74, 6) is -2.16. The highest BCUT2D eigenvalue weighted by molar-refractivity contribution is 7.59. The van der Waals surface area contributed by atoms with E-state index in [9.17, 15) is 14.4 Å². The number of nitrogens with one attached hydrogen (secondary N) is 1. The van der Waals surface area contributed by atoms with Crippen LogP contribution in [0.4, 0.5) is 0 Å². The lowest BCUT2D eigenvalue weighted by molar-refractivity contribution is -0.160. The zero-order valence-electron chi connectivity index (χ0n) is 12.6. The van der Waals surface area contributed by atoms with E-state index in [4.69, 9.17) is 9.84 Å². The lowest BCUT2D eigenvalue weighted by Crippen LogP contribution is -2.47. The van der Waals surface area contributed by atoms with Gasteiger partial charge in [-0.1, -0.05) is 13.8 Å². The van der Waals surface area contributed by atoms with Crippen molar-refractivity contribution >= 4 is 31.3 Å². The average molecular weight is 307 g/mol. The minimum atomic E-state index is -1.05. The second kappa shape index (κ2) is 8.84. The summed E-state index contributed by atoms with van der Waals surface area (Å²) in [5, 5.41) is 11.0. The highest BCUT2D eigenvalue weighted by atomic mass is 32.1. The first-order valence-corrected chi connectivity index (χ1v) is 6.27. The predicted molar refractivity (Wildman–Crippen MR) is 79.9 cm³/mol. The Kier molecular flexibility index (Phi) is 9.31. The number of esters is 1. The monoisotopic (exact) mass is 307 g/mol. The van der Waals surface area contributed by atoms with Crippen molar-refractivity contribution in [1.29, 1.82) is 0 Å². The summed E-state index contributed by atoms with van der Waals surface area (Å²) in [6.07, 6.45) is -0.410. The third-order valence-electron chi connectivity index (χ3n) is 2.21. The number of carboxylic acid groups (broad SMARTS) is 1. The van der Waals surface area contributed by atoms with E-state index in [2.05, 4.69) is 5.32 Å². The first-order valence-electron chi connectivity index (χ1n) is 6.27. The molecule has 0 heterocycles. The van der Waals surface area contributed by atoms with Crippen molar-refractivity contribution < 1.29 is 24.2 Å². The number of carboxylic acids is 1. The molecule has 0 aromatic heterocycles. The number of carbonyl (C=O) groups excluding carboxylic acids is 2. The molecule has 7 heteroatoms. The van der Waals surface area contributed by atoms with E-state index >= 15 is 0 Å². The second-order valence-corrected chi connectivity index (χ2v) is 5.72. The number of hydrogen-bond acceptors (Lipinski definition) is 4. The van der Waals surface area contributed by atoms with Gasteiger partial charge in [0.2, 0.25) is 5.91 Å². The van der Waals surface area contributed by atoms with Crippen LogP contribution in [-0.4, -0.2) is 34.6 Å². The summed E-state index contributed by atoms with van der Waals surface area (Å²) in [5.41, 5.74) is -0.629. The first kappa shape index (κ1) is 21.1. The van der Waals surface area contributed by atoms with Gasteiger partial charge < -0.3 is 15.2 Å². The molecule has 0 aliphatic heterocycles. The summed E-state index contributed by atoms with van der Waals surface area (Å²) in [7, 11) is 0. The lowest BCUT2D eigenvalue weighted by Gasteiger charge is -2.26. The van der Waals surface area contributed by atoms with Crippen LogP contribution in [0.15, 0.2) is 0 Å². The largest absolute Gasteiger partial charge is 0.481 e. The molecule has 0 fully saturated rings. The van der Waals surface area contributed by atoms with E-state index in [1.807, 2.05) is 0 Å². The Balaban J connectivity index is 0. The lowest BCUT2D eigenvalue weighted by atomic mass is 10.0. The third-order valence-corrected chi connectivity index (χ3v) is 2.21. The molecule has 2 N–H and O–H groups in total. The van der Waals surface area contributed by atoms with Gasteiger partial charge in [0, 0.05) is 6.42 Å². The van der Waals surface area contributed by atoms with Crippen molar-refractivity contribution in [3.05, 3.63) is 0 Å². The van der Waals surface area contributed by atoms with Crippen molar-refractivity contribution in [2.75, 3.05) is 0 Å². The SMILES string of the molecule is CC(C)[C@H](NC(=O)CCC(=O)O)C(=O)OC(C)(C)C.S. The van der Waals surface area contributed by atoms with E-state index in [0.717, 1.165) is 0 Å². The van der Waals surface area contributed by atoms with Gasteiger partial charge >= 0.3 is 11.9 Å². The maximum Gasteiger partial charge on any atom is 0.329 e. The number of carbonyl (C=O) groups is 3. The second-order valence-electron chi connectivity index (χ2n) is 5.72. The van der Waals surface area contributed by atoms with Crippen LogP contribution in [0.2, 0.25) is 0 Å². The highest BCUT2D eigenvalue weighted by Gasteiger charge is 2.29. The molecule has 0 bridgehead atoms. The van der Waals surface area contributed by atoms with Crippen molar-refractivity contribution in [3.63, 3.8) is 0 Å². The Morgan fingerprint density at radius 1 is 1.15 bits per heavy atom. The van der Waals surface area contributed by atoms with Gasteiger partial charge in [0.15, 0.2) is 0 Å². The van der Waals surface area contributed by atoms with E-state index in [-0.39, 0.29) is 32.3 Å². The molecule has 0 saturated heterocycles. The fraction of sp³-hybridized carbons (Fsp3) is 0.769. The van der Waals surface area contributed by atoms with Crippen LogP contribution in [0.25, 0.3) is 0 Å². The Morgan fingerprint density at radius 3 is 2.00 bits per heavy atom. The summed E-state index contributed by atoms with van der Waals surface area (Å²) < 4.78 is 5.22. The number of hydrogen-bond donors (Lipinski definition) is 2. The van der Waals surface area contributed by atoms with Crippen LogP contribution >= 0.6 is 13.5 Å². The highest BCUT2D eigenvalue weighted by Crippen LogP contribution is 2.12. The maximum absolute atomic E-state index is 11.9. The summed E-state index contributed by atoms with van der Waals surface area (Å²) in [6.45, 7) is 8.80. The molecule has 1 atom stereocenters. The van der Waals surface area contributed by atoms with Gasteiger partial charge in [-0.15, -0.1) is 0 Å². The molecule has 0 aliphatic rings. The summed E-state index contributed by atoms with van der Waals surface area (Å²) in [6, 6.07) is -0.763. The van der Waals surface area contributed by atoms with Gasteiger partial charge in [-0.3, -0.25) is 9.59 Å². The molecule has 0 aromatic rings. The van der Waals surface area contributed by atoms with Gasteiger partial charge in [-0.25, -0.2) is 4.79 Å².